The summed E-state index contributed by atoms with van der Waals surface area (Å²) >= 11 is 6.00. The predicted molar refractivity (Wildman–Crippen MR) is 117 cm³/mol. The Morgan fingerprint density at radius 1 is 1.16 bits per heavy atom. The number of amides is 1. The van der Waals surface area contributed by atoms with Gasteiger partial charge in [-0.05, 0) is 29.8 Å². The lowest BCUT2D eigenvalue weighted by Crippen LogP contribution is -2.14. The second kappa shape index (κ2) is 9.31. The number of para-hydroxylation sites is 2. The zero-order valence-electron chi connectivity index (χ0n) is 16.6. The molecule has 0 aliphatic heterocycles. The Hall–Kier alpha value is -4.18. The molecule has 4 aromatic rings. The molecule has 11 heteroatoms. The normalized spacial score (nSPS) is 10.7. The van der Waals surface area contributed by atoms with Crippen LogP contribution in [0.25, 0.3) is 0 Å². The van der Waals surface area contributed by atoms with Gasteiger partial charge in [0.1, 0.15) is 0 Å². The zero-order chi connectivity index (χ0) is 22.5. The molecule has 0 aliphatic rings. The molecule has 162 valence electrons. The van der Waals surface area contributed by atoms with Crippen LogP contribution in [0.2, 0.25) is 5.02 Å². The number of ether oxygens (including phenoxy) is 1. The van der Waals surface area contributed by atoms with Gasteiger partial charge >= 0.3 is 5.69 Å². The van der Waals surface area contributed by atoms with Gasteiger partial charge in [0.05, 0.1) is 23.4 Å². The fourth-order valence-electron chi connectivity index (χ4n) is 2.95. The van der Waals surface area contributed by atoms with Crippen molar-refractivity contribution in [1.82, 2.24) is 19.6 Å². The molecule has 1 amide bonds. The van der Waals surface area contributed by atoms with Gasteiger partial charge in [0.15, 0.2) is 18.2 Å². The topological polar surface area (TPSA) is 117 Å². The van der Waals surface area contributed by atoms with E-state index in [0.717, 1.165) is 5.56 Å². The van der Waals surface area contributed by atoms with E-state index in [0.29, 0.717) is 17.3 Å². The first kappa shape index (κ1) is 21.1. The molecule has 10 nitrogen and oxygen atoms in total. The van der Waals surface area contributed by atoms with Crippen LogP contribution in [-0.2, 0) is 13.3 Å². The van der Waals surface area contributed by atoms with Crippen molar-refractivity contribution in [3.8, 4) is 5.75 Å². The first-order valence-electron chi connectivity index (χ1n) is 9.46. The molecule has 0 saturated heterocycles. The Morgan fingerprint density at radius 3 is 2.81 bits per heavy atom. The number of aromatic nitrogens is 4. The van der Waals surface area contributed by atoms with Gasteiger partial charge in [0.25, 0.3) is 5.91 Å². The summed E-state index contributed by atoms with van der Waals surface area (Å²) in [6.45, 7) is 0.420. The molecular formula is C21H17ClN6O4. The van der Waals surface area contributed by atoms with Gasteiger partial charge in [-0.15, -0.1) is 0 Å². The van der Waals surface area contributed by atoms with E-state index in [1.807, 2.05) is 18.2 Å². The van der Waals surface area contributed by atoms with Gasteiger partial charge < -0.3 is 10.1 Å². The first-order valence-corrected chi connectivity index (χ1v) is 9.83. The number of nitro groups is 1. The molecule has 0 bridgehead atoms. The van der Waals surface area contributed by atoms with E-state index in [4.69, 9.17) is 16.3 Å². The molecule has 4 rings (SSSR count). The number of carbonyl (C=O) groups is 1. The second-order valence-electron chi connectivity index (χ2n) is 6.75. The Kier molecular flexibility index (Phi) is 6.13. The monoisotopic (exact) mass is 452 g/mol. The van der Waals surface area contributed by atoms with Gasteiger partial charge in [0, 0.05) is 23.5 Å². The minimum Gasteiger partial charge on any atom is -0.464 e. The van der Waals surface area contributed by atoms with Crippen molar-refractivity contribution in [2.24, 2.45) is 0 Å². The van der Waals surface area contributed by atoms with Crippen molar-refractivity contribution in [2.75, 3.05) is 5.32 Å². The Labute approximate surface area is 187 Å². The summed E-state index contributed by atoms with van der Waals surface area (Å²) < 4.78 is 8.52. The van der Waals surface area contributed by atoms with Crippen LogP contribution in [0.3, 0.4) is 0 Å². The van der Waals surface area contributed by atoms with Crippen molar-refractivity contribution < 1.29 is 14.5 Å². The summed E-state index contributed by atoms with van der Waals surface area (Å²) in [7, 11) is 0. The molecule has 32 heavy (non-hydrogen) atoms. The highest BCUT2D eigenvalue weighted by molar-refractivity contribution is 6.30. The SMILES string of the molecule is O=C(Nc1cnn(Cc2cccc(Cl)c2)c1)c1ccn(COc2ccccc2[N+](=O)[O-])n1. The minimum absolute atomic E-state index is 0.0876. The first-order chi connectivity index (χ1) is 15.5. The number of anilines is 1. The zero-order valence-corrected chi connectivity index (χ0v) is 17.3. The third-order valence-electron chi connectivity index (χ3n) is 4.41. The predicted octanol–water partition coefficient (Wildman–Crippen LogP) is 3.98. The molecule has 0 aliphatic carbocycles. The fraction of sp³-hybridized carbons (Fsp3) is 0.0952. The summed E-state index contributed by atoms with van der Waals surface area (Å²) in [4.78, 5) is 23.0. The molecule has 0 atom stereocenters. The number of hydrogen-bond donors (Lipinski definition) is 1. The number of benzene rings is 2. The molecular weight excluding hydrogens is 436 g/mol. The number of halogens is 1. The van der Waals surface area contributed by atoms with E-state index in [1.165, 1.54) is 29.1 Å². The average molecular weight is 453 g/mol. The maximum atomic E-state index is 12.5. The molecule has 0 radical (unpaired) electrons. The average Bonchev–Trinajstić information content (AvgIpc) is 3.42. The number of rotatable bonds is 8. The summed E-state index contributed by atoms with van der Waals surface area (Å²) in [5, 5.41) is 22.8. The maximum Gasteiger partial charge on any atom is 0.311 e. The summed E-state index contributed by atoms with van der Waals surface area (Å²) in [5.74, 6) is -0.303. The Bertz CT molecular complexity index is 1270. The maximum absolute atomic E-state index is 12.5. The molecule has 2 aromatic carbocycles. The van der Waals surface area contributed by atoms with Crippen molar-refractivity contribution in [1.29, 1.82) is 0 Å². The Morgan fingerprint density at radius 2 is 2.00 bits per heavy atom. The van der Waals surface area contributed by atoms with E-state index in [-0.39, 0.29) is 23.9 Å². The standard InChI is InChI=1S/C21H17ClN6O4/c22-16-5-3-4-15(10-16)12-27-13-17(11-23-27)24-21(29)18-8-9-26(25-18)14-32-20-7-2-1-6-19(20)28(30)31/h1-11,13H,12,14H2,(H,24,29). The highest BCUT2D eigenvalue weighted by Crippen LogP contribution is 2.26. The summed E-state index contributed by atoms with van der Waals surface area (Å²) in [6, 6.07) is 15.0. The van der Waals surface area contributed by atoms with E-state index < -0.39 is 10.8 Å². The third-order valence-corrected chi connectivity index (χ3v) is 4.65. The largest absolute Gasteiger partial charge is 0.464 e. The second-order valence-corrected chi connectivity index (χ2v) is 7.19. The molecule has 1 N–H and O–H groups in total. The van der Waals surface area contributed by atoms with Crippen LogP contribution in [0.15, 0.2) is 73.2 Å². The molecule has 0 saturated carbocycles. The number of hydrogen-bond acceptors (Lipinski definition) is 6. The molecule has 0 spiro atoms. The van der Waals surface area contributed by atoms with E-state index in [1.54, 1.807) is 35.3 Å². The number of nitro benzene ring substituents is 1. The van der Waals surface area contributed by atoms with Crippen LogP contribution in [0.5, 0.6) is 5.75 Å². The quantitative estimate of drug-likeness (QED) is 0.319. The number of carbonyl (C=O) groups excluding carboxylic acids is 1. The van der Waals surface area contributed by atoms with Crippen LogP contribution in [0.1, 0.15) is 16.1 Å². The van der Waals surface area contributed by atoms with Gasteiger partial charge in [-0.25, -0.2) is 4.68 Å². The van der Waals surface area contributed by atoms with Crippen molar-refractivity contribution in [3.63, 3.8) is 0 Å². The lowest BCUT2D eigenvalue weighted by Gasteiger charge is -2.06. The lowest BCUT2D eigenvalue weighted by atomic mass is 10.2. The van der Waals surface area contributed by atoms with E-state index >= 15 is 0 Å². The van der Waals surface area contributed by atoms with Crippen LogP contribution < -0.4 is 10.1 Å². The Balaban J connectivity index is 1.35. The smallest absolute Gasteiger partial charge is 0.311 e. The van der Waals surface area contributed by atoms with Gasteiger partial charge in [-0.1, -0.05) is 35.9 Å². The van der Waals surface area contributed by atoms with Crippen LogP contribution in [0.4, 0.5) is 11.4 Å². The van der Waals surface area contributed by atoms with Crippen molar-refractivity contribution in [3.05, 3.63) is 99.6 Å². The number of nitrogens with zero attached hydrogens (tertiary/aromatic N) is 5. The van der Waals surface area contributed by atoms with E-state index in [2.05, 4.69) is 15.5 Å². The lowest BCUT2D eigenvalue weighted by molar-refractivity contribution is -0.386. The van der Waals surface area contributed by atoms with E-state index in [9.17, 15) is 14.9 Å². The minimum atomic E-state index is -0.524. The summed E-state index contributed by atoms with van der Waals surface area (Å²) in [5.41, 5.74) is 1.52. The van der Waals surface area contributed by atoms with Crippen LogP contribution >= 0.6 is 11.6 Å². The summed E-state index contributed by atoms with van der Waals surface area (Å²) in [6.07, 6.45) is 4.79. The number of nitrogens with one attached hydrogen (secondary N) is 1. The van der Waals surface area contributed by atoms with Gasteiger partial charge in [-0.2, -0.15) is 10.2 Å². The molecule has 0 fully saturated rings. The van der Waals surface area contributed by atoms with Crippen LogP contribution in [-0.4, -0.2) is 30.4 Å². The van der Waals surface area contributed by atoms with Crippen molar-refractivity contribution in [2.45, 2.75) is 13.3 Å². The fourth-order valence-corrected chi connectivity index (χ4v) is 3.17. The highest BCUT2D eigenvalue weighted by atomic mass is 35.5. The van der Waals surface area contributed by atoms with Gasteiger partial charge in [0.2, 0.25) is 0 Å². The van der Waals surface area contributed by atoms with Crippen molar-refractivity contribution >= 4 is 28.9 Å². The van der Waals surface area contributed by atoms with Crippen LogP contribution in [0, 0.1) is 10.1 Å². The molecule has 0 unspecified atom stereocenters. The highest BCUT2D eigenvalue weighted by Gasteiger charge is 2.15. The third kappa shape index (κ3) is 5.10. The molecule has 2 heterocycles. The molecule has 2 aromatic heterocycles. The van der Waals surface area contributed by atoms with Gasteiger partial charge in [-0.3, -0.25) is 19.6 Å².